The molecule has 2 unspecified atom stereocenters. The van der Waals surface area contributed by atoms with Gasteiger partial charge in [0.05, 0.1) is 0 Å². The Bertz CT molecular complexity index is 3370. The summed E-state index contributed by atoms with van der Waals surface area (Å²) in [5.74, 6) is 0. The summed E-state index contributed by atoms with van der Waals surface area (Å²) in [4.78, 5) is 4.86. The first-order valence-corrected chi connectivity index (χ1v) is 25.3. The summed E-state index contributed by atoms with van der Waals surface area (Å²) >= 11 is 0. The van der Waals surface area contributed by atoms with Gasteiger partial charge in [0.25, 0.3) is 0 Å². The van der Waals surface area contributed by atoms with Crippen molar-refractivity contribution < 1.29 is 0 Å². The van der Waals surface area contributed by atoms with Crippen molar-refractivity contribution in [3.8, 4) is 33.4 Å². The number of rotatable bonds is 7. The van der Waals surface area contributed by atoms with Crippen LogP contribution in [-0.4, -0.2) is 0 Å². The third kappa shape index (κ3) is 6.12. The van der Waals surface area contributed by atoms with E-state index in [-0.39, 0.29) is 10.8 Å². The molecule has 0 heterocycles. The lowest BCUT2D eigenvalue weighted by atomic mass is 9.64. The van der Waals surface area contributed by atoms with E-state index in [0.29, 0.717) is 0 Å². The molecule has 0 saturated carbocycles. The third-order valence-electron chi connectivity index (χ3n) is 16.4. The first-order valence-electron chi connectivity index (χ1n) is 25.3. The van der Waals surface area contributed by atoms with Crippen LogP contribution in [0.25, 0.3) is 33.4 Å². The SMILES string of the molecule is c1ccc(N(c2ccc(-c3ccc(N(c4ccccc4)c4ccc5c(c4)C4(CCCc6ccccc64)c4ccccc4-5)cc3)cc2)c2ccc3c(c2)C2(CCCc4ccccc42)c2ccccc2-3)cc1. The fraction of sp³-hybridized carbons (Fsp3) is 0.118. The summed E-state index contributed by atoms with van der Waals surface area (Å²) in [7, 11) is 0. The monoisotopic (exact) mass is 896 g/mol. The highest BCUT2D eigenvalue weighted by Crippen LogP contribution is 2.60. The Balaban J connectivity index is 0.825. The molecular weight excluding hydrogens is 845 g/mol. The normalized spacial score (nSPS) is 17.8. The molecule has 0 aromatic heterocycles. The van der Waals surface area contributed by atoms with Crippen molar-refractivity contribution in [2.45, 2.75) is 49.4 Å². The third-order valence-corrected chi connectivity index (χ3v) is 16.4. The summed E-state index contributed by atoms with van der Waals surface area (Å²) in [6.07, 6.45) is 6.82. The Hall–Kier alpha value is -8.20. The molecule has 0 N–H and O–H groups in total. The second-order valence-electron chi connectivity index (χ2n) is 19.8. The first kappa shape index (κ1) is 40.8. The predicted octanol–water partition coefficient (Wildman–Crippen LogP) is 17.6. The molecule has 70 heavy (non-hydrogen) atoms. The summed E-state index contributed by atoms with van der Waals surface area (Å²) in [5.41, 5.74) is 26.0. The molecule has 0 aliphatic heterocycles. The van der Waals surface area contributed by atoms with E-state index in [1.54, 1.807) is 0 Å². The Morgan fingerprint density at radius 2 is 0.586 bits per heavy atom. The van der Waals surface area contributed by atoms with Crippen molar-refractivity contribution in [3.63, 3.8) is 0 Å². The molecule has 0 amide bonds. The molecule has 0 saturated heterocycles. The lowest BCUT2D eigenvalue weighted by Crippen LogP contribution is -2.31. The maximum atomic E-state index is 2.50. The minimum atomic E-state index is -0.165. The van der Waals surface area contributed by atoms with Crippen molar-refractivity contribution >= 4 is 34.1 Å². The van der Waals surface area contributed by atoms with E-state index < -0.39 is 0 Å². The lowest BCUT2D eigenvalue weighted by Gasteiger charge is -2.38. The van der Waals surface area contributed by atoms with Gasteiger partial charge in [0.1, 0.15) is 0 Å². The second kappa shape index (κ2) is 16.2. The van der Waals surface area contributed by atoms with Crippen LogP contribution in [0.15, 0.2) is 243 Å². The van der Waals surface area contributed by atoms with Gasteiger partial charge in [-0.25, -0.2) is 0 Å². The van der Waals surface area contributed by atoms with E-state index in [9.17, 15) is 0 Å². The zero-order valence-corrected chi connectivity index (χ0v) is 39.2. The van der Waals surface area contributed by atoms with Gasteiger partial charge in [-0.2, -0.15) is 0 Å². The Morgan fingerprint density at radius 3 is 1.01 bits per heavy atom. The Morgan fingerprint density at radius 1 is 0.257 bits per heavy atom. The van der Waals surface area contributed by atoms with Gasteiger partial charge in [-0.15, -0.1) is 0 Å². The largest absolute Gasteiger partial charge is 0.310 e. The molecule has 14 rings (SSSR count). The molecule has 334 valence electrons. The second-order valence-corrected chi connectivity index (χ2v) is 19.8. The Labute approximate surface area is 411 Å². The van der Waals surface area contributed by atoms with Gasteiger partial charge in [0.15, 0.2) is 0 Å². The van der Waals surface area contributed by atoms with E-state index in [1.165, 1.54) is 102 Å². The van der Waals surface area contributed by atoms with Crippen LogP contribution in [0.4, 0.5) is 34.1 Å². The Kier molecular flexibility index (Phi) is 9.46. The minimum Gasteiger partial charge on any atom is -0.310 e. The van der Waals surface area contributed by atoms with Crippen molar-refractivity contribution in [2.75, 3.05) is 9.80 Å². The molecule has 2 heteroatoms. The molecule has 0 fully saturated rings. The van der Waals surface area contributed by atoms with Crippen molar-refractivity contribution in [3.05, 3.63) is 287 Å². The van der Waals surface area contributed by atoms with Crippen LogP contribution in [-0.2, 0) is 23.7 Å². The number of hydrogen-bond donors (Lipinski definition) is 0. The molecule has 2 spiro atoms. The summed E-state index contributed by atoms with van der Waals surface area (Å²) < 4.78 is 0. The van der Waals surface area contributed by atoms with Crippen molar-refractivity contribution in [1.82, 2.24) is 0 Å². The fourth-order valence-corrected chi connectivity index (χ4v) is 13.4. The summed E-state index contributed by atoms with van der Waals surface area (Å²) in [6, 6.07) is 91.1. The number of hydrogen-bond acceptors (Lipinski definition) is 2. The zero-order valence-electron chi connectivity index (χ0n) is 39.2. The quantitative estimate of drug-likeness (QED) is 0.157. The van der Waals surface area contributed by atoms with Gasteiger partial charge in [-0.3, -0.25) is 0 Å². The van der Waals surface area contributed by atoms with E-state index >= 15 is 0 Å². The molecule has 4 aliphatic rings. The molecule has 2 atom stereocenters. The van der Waals surface area contributed by atoms with E-state index in [0.717, 1.165) is 48.4 Å². The van der Waals surface area contributed by atoms with Crippen LogP contribution in [0.5, 0.6) is 0 Å². The maximum absolute atomic E-state index is 2.50. The van der Waals surface area contributed by atoms with Gasteiger partial charge in [-0.1, -0.05) is 170 Å². The molecule has 4 aliphatic carbocycles. The fourth-order valence-electron chi connectivity index (χ4n) is 13.4. The van der Waals surface area contributed by atoms with Crippen LogP contribution >= 0.6 is 0 Å². The topological polar surface area (TPSA) is 6.48 Å². The zero-order chi connectivity index (χ0) is 46.2. The van der Waals surface area contributed by atoms with E-state index in [4.69, 9.17) is 0 Å². The number of para-hydroxylation sites is 2. The number of nitrogens with zero attached hydrogens (tertiary/aromatic N) is 2. The highest BCUT2D eigenvalue weighted by Gasteiger charge is 2.48. The van der Waals surface area contributed by atoms with Gasteiger partial charge in [0.2, 0.25) is 0 Å². The molecule has 2 nitrogen and oxygen atoms in total. The highest BCUT2D eigenvalue weighted by molar-refractivity contribution is 5.90. The number of fused-ring (bicyclic) bond motifs is 14. The van der Waals surface area contributed by atoms with Gasteiger partial charge >= 0.3 is 0 Å². The van der Waals surface area contributed by atoms with Crippen molar-refractivity contribution in [1.29, 1.82) is 0 Å². The number of anilines is 6. The molecule has 10 aromatic carbocycles. The van der Waals surface area contributed by atoms with E-state index in [2.05, 4.69) is 252 Å². The lowest BCUT2D eigenvalue weighted by molar-refractivity contribution is 0.507. The highest BCUT2D eigenvalue weighted by atomic mass is 15.1. The molecule has 0 bridgehead atoms. The average Bonchev–Trinajstić information content (AvgIpc) is 3.86. The first-order chi connectivity index (χ1) is 34.7. The van der Waals surface area contributed by atoms with Crippen LogP contribution in [0, 0.1) is 0 Å². The standard InChI is InChI=1S/C68H52N2/c1-3-21-51(22-4-1)69(55-39-41-59-57-25-9-13-29-63(57)67(65(59)45-55)43-15-19-49-17-7-11-27-61(49)67)53-35-31-47(32-36-53)48-33-37-54(38-34-48)70(52-23-5-2-6-24-52)56-40-42-60-58-26-10-14-30-64(58)68(66(60)46-56)44-16-20-50-18-8-12-28-62(50)68/h1-14,17-18,21-42,45-46H,15-16,19-20,43-44H2. The van der Waals surface area contributed by atoms with Crippen LogP contribution in [0.1, 0.15) is 70.2 Å². The van der Waals surface area contributed by atoms with Gasteiger partial charge < -0.3 is 9.80 Å². The van der Waals surface area contributed by atoms with Gasteiger partial charge in [-0.05, 0) is 189 Å². The average molecular weight is 897 g/mol. The smallest absolute Gasteiger partial charge is 0.0467 e. The number of benzene rings is 10. The molecular formula is C68H52N2. The molecule has 10 aromatic rings. The summed E-state index contributed by atoms with van der Waals surface area (Å²) in [6.45, 7) is 0. The minimum absolute atomic E-state index is 0.165. The van der Waals surface area contributed by atoms with Crippen LogP contribution in [0.2, 0.25) is 0 Å². The number of aryl methyl sites for hydroxylation is 2. The van der Waals surface area contributed by atoms with Crippen LogP contribution < -0.4 is 9.80 Å². The predicted molar refractivity (Wildman–Crippen MR) is 291 cm³/mol. The van der Waals surface area contributed by atoms with E-state index in [1.807, 2.05) is 0 Å². The summed E-state index contributed by atoms with van der Waals surface area (Å²) in [5, 5.41) is 0. The van der Waals surface area contributed by atoms with Crippen LogP contribution in [0.3, 0.4) is 0 Å². The van der Waals surface area contributed by atoms with Crippen molar-refractivity contribution in [2.24, 2.45) is 0 Å². The van der Waals surface area contributed by atoms with Gasteiger partial charge in [0, 0.05) is 45.0 Å². The maximum Gasteiger partial charge on any atom is 0.0467 e. The molecule has 0 radical (unpaired) electrons.